The molecule has 80 valence electrons. The fraction of sp³-hybridized carbons (Fsp3) is 0.417. The van der Waals surface area contributed by atoms with E-state index in [2.05, 4.69) is 24.8 Å². The number of likely N-dealkylation sites (N-methyl/N-ethyl adjacent to an activating group) is 1. The second kappa shape index (κ2) is 5.38. The van der Waals surface area contributed by atoms with Crippen molar-refractivity contribution in [3.05, 3.63) is 29.8 Å². The highest BCUT2D eigenvalue weighted by Gasteiger charge is 2.13. The Kier molecular flexibility index (Phi) is 4.14. The maximum absolute atomic E-state index is 9.01. The van der Waals surface area contributed by atoms with Gasteiger partial charge in [0.15, 0.2) is 0 Å². The topological polar surface area (TPSA) is 53.0 Å². The molecule has 0 aliphatic rings. The molecule has 0 aromatic heterocycles. The van der Waals surface area contributed by atoms with Gasteiger partial charge in [0.1, 0.15) is 6.07 Å². The fourth-order valence-corrected chi connectivity index (χ4v) is 1.67. The molecule has 0 heterocycles. The highest BCUT2D eigenvalue weighted by Crippen LogP contribution is 2.21. The van der Waals surface area contributed by atoms with Crippen LogP contribution in [0.2, 0.25) is 0 Å². The zero-order valence-corrected chi connectivity index (χ0v) is 9.27. The van der Waals surface area contributed by atoms with Crippen LogP contribution in [0.3, 0.4) is 0 Å². The fourth-order valence-electron chi connectivity index (χ4n) is 1.67. The van der Waals surface area contributed by atoms with Gasteiger partial charge in [-0.25, -0.2) is 0 Å². The molecular weight excluding hydrogens is 186 g/mol. The Morgan fingerprint density at radius 2 is 2.13 bits per heavy atom. The molecule has 0 amide bonds. The molecule has 0 spiro atoms. The van der Waals surface area contributed by atoms with Crippen LogP contribution in [0.4, 0.5) is 5.69 Å². The van der Waals surface area contributed by atoms with E-state index in [9.17, 15) is 0 Å². The van der Waals surface area contributed by atoms with Crippen LogP contribution in [-0.4, -0.2) is 19.1 Å². The number of nitrogens with zero attached hydrogens (tertiary/aromatic N) is 2. The largest absolute Gasteiger partial charge is 0.367 e. The molecule has 0 bridgehead atoms. The third-order valence-electron chi connectivity index (χ3n) is 2.55. The number of para-hydroxylation sites is 1. The first-order valence-corrected chi connectivity index (χ1v) is 5.20. The van der Waals surface area contributed by atoms with Crippen LogP contribution >= 0.6 is 0 Å². The average Bonchev–Trinajstić information content (AvgIpc) is 2.30. The predicted octanol–water partition coefficient (Wildman–Crippen LogP) is 1.73. The van der Waals surface area contributed by atoms with E-state index in [4.69, 9.17) is 11.0 Å². The molecule has 1 unspecified atom stereocenters. The Bertz CT molecular complexity index is 354. The molecule has 1 aromatic rings. The third kappa shape index (κ3) is 2.48. The molecule has 3 heteroatoms. The lowest BCUT2D eigenvalue weighted by atomic mass is 10.1. The van der Waals surface area contributed by atoms with E-state index in [-0.39, 0.29) is 6.04 Å². The Labute approximate surface area is 91.1 Å². The highest BCUT2D eigenvalue weighted by molar-refractivity contribution is 5.59. The maximum atomic E-state index is 9.01. The van der Waals surface area contributed by atoms with Gasteiger partial charge in [0.25, 0.3) is 0 Å². The van der Waals surface area contributed by atoms with Crippen molar-refractivity contribution in [2.24, 2.45) is 5.73 Å². The van der Waals surface area contributed by atoms with Crippen molar-refractivity contribution >= 4 is 5.69 Å². The van der Waals surface area contributed by atoms with Crippen LogP contribution in [0.1, 0.15) is 19.4 Å². The van der Waals surface area contributed by atoms with Gasteiger partial charge in [0, 0.05) is 19.1 Å². The number of hydrogen-bond acceptors (Lipinski definition) is 3. The summed E-state index contributed by atoms with van der Waals surface area (Å²) in [6.45, 7) is 5.59. The van der Waals surface area contributed by atoms with Crippen LogP contribution in [0, 0.1) is 11.3 Å². The zero-order chi connectivity index (χ0) is 11.3. The van der Waals surface area contributed by atoms with Crippen molar-refractivity contribution in [3.63, 3.8) is 0 Å². The third-order valence-corrected chi connectivity index (χ3v) is 2.55. The summed E-state index contributed by atoms with van der Waals surface area (Å²) in [6.07, 6.45) is 0. The number of hydrogen-bond donors (Lipinski definition) is 1. The normalized spacial score (nSPS) is 11.9. The minimum Gasteiger partial charge on any atom is -0.367 e. The number of nitrogens with two attached hydrogens (primary N) is 1. The van der Waals surface area contributed by atoms with E-state index in [1.54, 1.807) is 0 Å². The predicted molar refractivity (Wildman–Crippen MR) is 62.7 cm³/mol. The van der Waals surface area contributed by atoms with Gasteiger partial charge in [-0.3, -0.25) is 0 Å². The first-order chi connectivity index (χ1) is 7.24. The summed E-state index contributed by atoms with van der Waals surface area (Å²) in [5.74, 6) is 0. The van der Waals surface area contributed by atoms with Gasteiger partial charge in [0.05, 0.1) is 11.3 Å². The highest BCUT2D eigenvalue weighted by atomic mass is 15.2. The van der Waals surface area contributed by atoms with Crippen LogP contribution in [0.5, 0.6) is 0 Å². The van der Waals surface area contributed by atoms with Crippen molar-refractivity contribution in [2.45, 2.75) is 19.9 Å². The van der Waals surface area contributed by atoms with Gasteiger partial charge < -0.3 is 10.6 Å². The molecule has 1 aromatic carbocycles. The van der Waals surface area contributed by atoms with Crippen LogP contribution in [-0.2, 0) is 0 Å². The van der Waals surface area contributed by atoms with E-state index in [1.165, 1.54) is 0 Å². The number of anilines is 1. The maximum Gasteiger partial charge on any atom is 0.101 e. The second-order valence-corrected chi connectivity index (χ2v) is 3.50. The number of rotatable bonds is 4. The first-order valence-electron chi connectivity index (χ1n) is 5.20. The Morgan fingerprint density at radius 3 is 2.67 bits per heavy atom. The van der Waals surface area contributed by atoms with Crippen molar-refractivity contribution in [1.29, 1.82) is 5.26 Å². The monoisotopic (exact) mass is 203 g/mol. The van der Waals surface area contributed by atoms with Gasteiger partial charge in [-0.1, -0.05) is 12.1 Å². The van der Waals surface area contributed by atoms with E-state index in [0.29, 0.717) is 12.1 Å². The molecular formula is C12H17N3. The molecule has 2 N–H and O–H groups in total. The lowest BCUT2D eigenvalue weighted by Gasteiger charge is -2.29. The lowest BCUT2D eigenvalue weighted by molar-refractivity contribution is 0.657. The lowest BCUT2D eigenvalue weighted by Crippen LogP contribution is -2.38. The van der Waals surface area contributed by atoms with Crippen LogP contribution in [0.15, 0.2) is 24.3 Å². The second-order valence-electron chi connectivity index (χ2n) is 3.50. The molecule has 0 aliphatic carbocycles. The minimum absolute atomic E-state index is 0.254. The van der Waals surface area contributed by atoms with Gasteiger partial charge in [-0.05, 0) is 26.0 Å². The molecule has 1 rings (SSSR count). The molecule has 0 radical (unpaired) electrons. The standard InChI is InChI=1S/C12H17N3/c1-3-15(10(2)8-13)12-7-5-4-6-11(12)9-14/h4-7,10H,3,8,13H2,1-2H3. The van der Waals surface area contributed by atoms with Gasteiger partial charge >= 0.3 is 0 Å². The summed E-state index contributed by atoms with van der Waals surface area (Å²) < 4.78 is 0. The summed E-state index contributed by atoms with van der Waals surface area (Å²) >= 11 is 0. The quantitative estimate of drug-likeness (QED) is 0.810. The van der Waals surface area contributed by atoms with Gasteiger partial charge in [0.2, 0.25) is 0 Å². The number of benzene rings is 1. The zero-order valence-electron chi connectivity index (χ0n) is 9.27. The first kappa shape index (κ1) is 11.5. The van der Waals surface area contributed by atoms with Crippen molar-refractivity contribution < 1.29 is 0 Å². The smallest absolute Gasteiger partial charge is 0.101 e. The summed E-state index contributed by atoms with van der Waals surface area (Å²) in [4.78, 5) is 2.15. The molecule has 3 nitrogen and oxygen atoms in total. The summed E-state index contributed by atoms with van der Waals surface area (Å²) in [5, 5.41) is 9.01. The molecule has 0 saturated heterocycles. The van der Waals surface area contributed by atoms with Crippen molar-refractivity contribution in [1.82, 2.24) is 0 Å². The molecule has 0 fully saturated rings. The summed E-state index contributed by atoms with van der Waals surface area (Å²) in [6, 6.07) is 10.1. The molecule has 1 atom stereocenters. The SMILES string of the molecule is CCN(c1ccccc1C#N)C(C)CN. The van der Waals surface area contributed by atoms with E-state index >= 15 is 0 Å². The average molecular weight is 203 g/mol. The minimum atomic E-state index is 0.254. The molecule has 15 heavy (non-hydrogen) atoms. The van der Waals surface area contributed by atoms with Gasteiger partial charge in [-0.15, -0.1) is 0 Å². The van der Waals surface area contributed by atoms with Crippen LogP contribution < -0.4 is 10.6 Å². The number of nitriles is 1. The summed E-state index contributed by atoms with van der Waals surface area (Å²) in [7, 11) is 0. The Morgan fingerprint density at radius 1 is 1.47 bits per heavy atom. The van der Waals surface area contributed by atoms with Crippen molar-refractivity contribution in [2.75, 3.05) is 18.0 Å². The molecule has 0 aliphatic heterocycles. The Balaban J connectivity index is 3.07. The Hall–Kier alpha value is -1.53. The van der Waals surface area contributed by atoms with E-state index in [0.717, 1.165) is 12.2 Å². The molecule has 0 saturated carbocycles. The van der Waals surface area contributed by atoms with Crippen LogP contribution in [0.25, 0.3) is 0 Å². The van der Waals surface area contributed by atoms with E-state index < -0.39 is 0 Å². The summed E-state index contributed by atoms with van der Waals surface area (Å²) in [5.41, 5.74) is 7.33. The van der Waals surface area contributed by atoms with Crippen molar-refractivity contribution in [3.8, 4) is 6.07 Å². The van der Waals surface area contributed by atoms with Gasteiger partial charge in [-0.2, -0.15) is 5.26 Å². The van der Waals surface area contributed by atoms with E-state index in [1.807, 2.05) is 24.3 Å².